The van der Waals surface area contributed by atoms with Crippen molar-refractivity contribution in [3.63, 3.8) is 0 Å². The molecule has 1 heterocycles. The molecular formula is C17H18NO5P. The monoisotopic (exact) mass is 347 g/mol. The average Bonchev–Trinajstić information content (AvgIpc) is 2.60. The van der Waals surface area contributed by atoms with Gasteiger partial charge in [-0.1, -0.05) is 24.3 Å². The lowest BCUT2D eigenvalue weighted by atomic mass is 10.00. The quantitative estimate of drug-likeness (QED) is 0.642. The number of hydrogen-bond donors (Lipinski definition) is 1. The molecule has 2 aromatic rings. The van der Waals surface area contributed by atoms with Crippen molar-refractivity contribution in [2.45, 2.75) is 13.0 Å². The van der Waals surface area contributed by atoms with E-state index < -0.39 is 13.9 Å². The minimum atomic E-state index is -3.90. The fraction of sp³-hybridized carbons (Fsp3) is 0.235. The Morgan fingerprint density at radius 1 is 1.12 bits per heavy atom. The van der Waals surface area contributed by atoms with Gasteiger partial charge in [0, 0.05) is 13.1 Å². The molecular weight excluding hydrogens is 329 g/mol. The van der Waals surface area contributed by atoms with Crippen molar-refractivity contribution in [2.24, 2.45) is 0 Å². The van der Waals surface area contributed by atoms with E-state index in [-0.39, 0.29) is 0 Å². The second-order valence-corrected chi connectivity index (χ2v) is 7.29. The Kier molecular flexibility index (Phi) is 4.88. The Balaban J connectivity index is 1.62. The number of amides is 1. The summed E-state index contributed by atoms with van der Waals surface area (Å²) in [5.41, 5.74) is 2.15. The summed E-state index contributed by atoms with van der Waals surface area (Å²) in [5.74, 6) is 0.838. The van der Waals surface area contributed by atoms with E-state index in [0.29, 0.717) is 24.6 Å². The van der Waals surface area contributed by atoms with Gasteiger partial charge in [-0.3, -0.25) is 4.79 Å². The smallest absolute Gasteiger partial charge is 0.413 e. The first-order chi connectivity index (χ1) is 11.6. The first kappa shape index (κ1) is 16.6. The molecule has 0 saturated carbocycles. The minimum absolute atomic E-state index is 0.325. The fourth-order valence-electron chi connectivity index (χ4n) is 2.56. The van der Waals surface area contributed by atoms with Crippen molar-refractivity contribution in [1.82, 2.24) is 4.90 Å². The molecule has 0 spiro atoms. The van der Waals surface area contributed by atoms with Gasteiger partial charge >= 0.3 is 7.60 Å². The summed E-state index contributed by atoms with van der Waals surface area (Å²) in [7, 11) is -3.90. The minimum Gasteiger partial charge on any atom is -0.480 e. The van der Waals surface area contributed by atoms with E-state index in [0.717, 1.165) is 24.0 Å². The van der Waals surface area contributed by atoms with Crippen LogP contribution in [0.25, 0.3) is 0 Å². The van der Waals surface area contributed by atoms with Gasteiger partial charge in [-0.2, -0.15) is 0 Å². The molecule has 24 heavy (non-hydrogen) atoms. The molecule has 7 heteroatoms. The van der Waals surface area contributed by atoms with Gasteiger partial charge in [-0.25, -0.2) is 4.57 Å². The zero-order valence-corrected chi connectivity index (χ0v) is 13.9. The van der Waals surface area contributed by atoms with Crippen LogP contribution in [0.1, 0.15) is 11.1 Å². The molecule has 0 radical (unpaired) electrons. The molecule has 1 aliphatic heterocycles. The van der Waals surface area contributed by atoms with Gasteiger partial charge in [-0.15, -0.1) is 0 Å². The van der Waals surface area contributed by atoms with Crippen LogP contribution in [0.5, 0.6) is 11.5 Å². The first-order valence-corrected chi connectivity index (χ1v) is 9.32. The zero-order valence-electron chi connectivity index (χ0n) is 13.0. The molecule has 0 aliphatic carbocycles. The molecule has 1 aliphatic rings. The van der Waals surface area contributed by atoms with Crippen molar-refractivity contribution in [3.8, 4) is 11.5 Å². The molecule has 1 unspecified atom stereocenters. The highest BCUT2D eigenvalue weighted by atomic mass is 31.2. The maximum Gasteiger partial charge on any atom is 0.413 e. The van der Waals surface area contributed by atoms with E-state index in [4.69, 9.17) is 9.26 Å². The van der Waals surface area contributed by atoms with Gasteiger partial charge in [0.1, 0.15) is 11.5 Å². The van der Waals surface area contributed by atoms with Gasteiger partial charge in [0.25, 0.3) is 0 Å². The summed E-state index contributed by atoms with van der Waals surface area (Å²) in [5, 5.41) is 0. The summed E-state index contributed by atoms with van der Waals surface area (Å²) in [6.45, 7) is 1.24. The maximum absolute atomic E-state index is 12.1. The van der Waals surface area contributed by atoms with E-state index in [2.05, 4.69) is 0 Å². The number of carbonyl (C=O) groups is 1. The van der Waals surface area contributed by atoms with Crippen molar-refractivity contribution in [3.05, 3.63) is 59.7 Å². The van der Waals surface area contributed by atoms with Gasteiger partial charge in [0.2, 0.25) is 6.41 Å². The van der Waals surface area contributed by atoms with E-state index in [1.54, 1.807) is 41.3 Å². The lowest BCUT2D eigenvalue weighted by molar-refractivity contribution is -0.118. The molecule has 0 saturated heterocycles. The summed E-state index contributed by atoms with van der Waals surface area (Å²) in [6, 6.07) is 13.9. The SMILES string of the molecule is O=CN1CCc2cc(OCP(=O)(O)Oc3ccccc3)ccc2C1. The Hall–Kier alpha value is -2.30. The van der Waals surface area contributed by atoms with Crippen molar-refractivity contribution in [1.29, 1.82) is 0 Å². The second kappa shape index (κ2) is 7.07. The third kappa shape index (κ3) is 4.16. The predicted octanol–water partition coefficient (Wildman–Crippen LogP) is 2.80. The molecule has 0 fully saturated rings. The van der Waals surface area contributed by atoms with Gasteiger partial charge in [-0.05, 0) is 41.8 Å². The van der Waals surface area contributed by atoms with Gasteiger partial charge in [0.15, 0.2) is 6.35 Å². The van der Waals surface area contributed by atoms with E-state index >= 15 is 0 Å². The van der Waals surface area contributed by atoms with Crippen LogP contribution in [0, 0.1) is 0 Å². The van der Waals surface area contributed by atoms with Crippen LogP contribution in [-0.4, -0.2) is 29.1 Å². The summed E-state index contributed by atoms with van der Waals surface area (Å²) in [6.07, 6.45) is 1.15. The van der Waals surface area contributed by atoms with Crippen molar-refractivity contribution < 1.29 is 23.5 Å². The number of benzene rings is 2. The first-order valence-electron chi connectivity index (χ1n) is 7.56. The zero-order chi connectivity index (χ0) is 17.0. The van der Waals surface area contributed by atoms with Crippen LogP contribution in [0.3, 0.4) is 0 Å². The number of fused-ring (bicyclic) bond motifs is 1. The lowest BCUT2D eigenvalue weighted by Gasteiger charge is -2.25. The third-order valence-electron chi connectivity index (χ3n) is 3.75. The number of ether oxygens (including phenoxy) is 1. The van der Waals surface area contributed by atoms with Crippen LogP contribution in [0.15, 0.2) is 48.5 Å². The topological polar surface area (TPSA) is 76.1 Å². The molecule has 3 rings (SSSR count). The summed E-state index contributed by atoms with van der Waals surface area (Å²) < 4.78 is 22.6. The molecule has 0 aromatic heterocycles. The predicted molar refractivity (Wildman–Crippen MR) is 89.0 cm³/mol. The Morgan fingerprint density at radius 3 is 2.67 bits per heavy atom. The van der Waals surface area contributed by atoms with Crippen LogP contribution < -0.4 is 9.26 Å². The van der Waals surface area contributed by atoms with Crippen LogP contribution >= 0.6 is 7.60 Å². The maximum atomic E-state index is 12.1. The standard InChI is InChI=1S/C17H18NO5P/c19-12-18-9-8-14-10-17(7-6-15(14)11-18)22-13-24(20,21)23-16-4-2-1-3-5-16/h1-7,10,12H,8-9,11,13H2,(H,20,21). The lowest BCUT2D eigenvalue weighted by Crippen LogP contribution is -2.29. The number of para-hydroxylation sites is 1. The fourth-order valence-corrected chi connectivity index (χ4v) is 3.38. The van der Waals surface area contributed by atoms with E-state index in [1.165, 1.54) is 0 Å². The summed E-state index contributed by atoms with van der Waals surface area (Å²) in [4.78, 5) is 22.4. The highest BCUT2D eigenvalue weighted by molar-refractivity contribution is 7.53. The van der Waals surface area contributed by atoms with Crippen molar-refractivity contribution in [2.75, 3.05) is 12.9 Å². The van der Waals surface area contributed by atoms with Crippen LogP contribution in [-0.2, 0) is 22.3 Å². The highest BCUT2D eigenvalue weighted by Gasteiger charge is 2.23. The Bertz CT molecular complexity index is 765. The average molecular weight is 347 g/mol. The van der Waals surface area contributed by atoms with Crippen molar-refractivity contribution >= 4 is 14.0 Å². The largest absolute Gasteiger partial charge is 0.480 e. The molecule has 6 nitrogen and oxygen atoms in total. The molecule has 1 N–H and O–H groups in total. The normalized spacial score (nSPS) is 16.0. The number of nitrogens with zero attached hydrogens (tertiary/aromatic N) is 1. The van der Waals surface area contributed by atoms with Gasteiger partial charge < -0.3 is 19.1 Å². The molecule has 126 valence electrons. The molecule has 0 bridgehead atoms. The number of carbonyl (C=O) groups excluding carboxylic acids is 1. The third-order valence-corrected chi connectivity index (χ3v) is 4.71. The van der Waals surface area contributed by atoms with Gasteiger partial charge in [0.05, 0.1) is 0 Å². The second-order valence-electron chi connectivity index (χ2n) is 5.57. The van der Waals surface area contributed by atoms with E-state index in [9.17, 15) is 14.3 Å². The van der Waals surface area contributed by atoms with Crippen LogP contribution in [0.2, 0.25) is 0 Å². The Labute approximate surface area is 140 Å². The highest BCUT2D eigenvalue weighted by Crippen LogP contribution is 2.42. The van der Waals surface area contributed by atoms with Crippen LogP contribution in [0.4, 0.5) is 0 Å². The molecule has 1 amide bonds. The molecule has 1 atom stereocenters. The number of hydrogen-bond acceptors (Lipinski definition) is 4. The Morgan fingerprint density at radius 2 is 1.92 bits per heavy atom. The summed E-state index contributed by atoms with van der Waals surface area (Å²) >= 11 is 0. The number of rotatable bonds is 6. The molecule has 2 aromatic carbocycles. The van der Waals surface area contributed by atoms with E-state index in [1.807, 2.05) is 12.1 Å².